The van der Waals surface area contributed by atoms with Crippen molar-refractivity contribution in [2.45, 2.75) is 38.6 Å². The number of amides is 1. The van der Waals surface area contributed by atoms with Crippen LogP contribution in [0.1, 0.15) is 32.8 Å². The fraction of sp³-hybridized carbons (Fsp3) is 0.650. The number of hydrogen-bond donors (Lipinski definition) is 1. The molecule has 0 spiro atoms. The van der Waals surface area contributed by atoms with Crippen molar-refractivity contribution in [1.29, 1.82) is 0 Å². The van der Waals surface area contributed by atoms with E-state index in [9.17, 15) is 4.79 Å². The van der Waals surface area contributed by atoms with Crippen LogP contribution in [0.4, 0.5) is 0 Å². The molecule has 0 saturated carbocycles. The number of carbonyl (C=O) groups is 1. The van der Waals surface area contributed by atoms with E-state index < -0.39 is 0 Å². The summed E-state index contributed by atoms with van der Waals surface area (Å²) in [5.41, 5.74) is 1.40. The number of likely N-dealkylation sites (tertiary alicyclic amines) is 1. The van der Waals surface area contributed by atoms with Crippen LogP contribution in [0.5, 0.6) is 5.75 Å². The summed E-state index contributed by atoms with van der Waals surface area (Å²) in [5.74, 6) is 0.858. The van der Waals surface area contributed by atoms with E-state index in [1.54, 1.807) is 0 Å². The van der Waals surface area contributed by atoms with Crippen LogP contribution in [-0.2, 0) is 10.2 Å². The van der Waals surface area contributed by atoms with Gasteiger partial charge >= 0.3 is 0 Å². The predicted molar refractivity (Wildman–Crippen MR) is 100 cm³/mol. The largest absolute Gasteiger partial charge is 0.484 e. The fourth-order valence-corrected chi connectivity index (χ4v) is 3.60. The van der Waals surface area contributed by atoms with Crippen molar-refractivity contribution in [3.05, 3.63) is 29.8 Å². The van der Waals surface area contributed by atoms with Crippen LogP contribution in [0.2, 0.25) is 0 Å². The molecule has 5 heteroatoms. The molecule has 2 saturated heterocycles. The van der Waals surface area contributed by atoms with Crippen LogP contribution in [0.25, 0.3) is 0 Å². The van der Waals surface area contributed by atoms with Crippen molar-refractivity contribution < 1.29 is 9.53 Å². The van der Waals surface area contributed by atoms with Gasteiger partial charge in [0.2, 0.25) is 0 Å². The van der Waals surface area contributed by atoms with Crippen LogP contribution in [0, 0.1) is 0 Å². The molecule has 1 aromatic carbocycles. The first kappa shape index (κ1) is 18.2. The first-order valence-corrected chi connectivity index (χ1v) is 9.39. The van der Waals surface area contributed by atoms with Crippen molar-refractivity contribution in [1.82, 2.24) is 15.1 Å². The molecule has 1 aromatic rings. The number of hydrogen-bond acceptors (Lipinski definition) is 4. The van der Waals surface area contributed by atoms with Crippen molar-refractivity contribution in [3.8, 4) is 5.75 Å². The van der Waals surface area contributed by atoms with Crippen molar-refractivity contribution in [3.63, 3.8) is 0 Å². The molecule has 2 aliphatic rings. The highest BCUT2D eigenvalue weighted by atomic mass is 16.5. The molecule has 138 valence electrons. The Bertz CT molecular complexity index is 574. The number of nitrogens with one attached hydrogen (secondary N) is 1. The van der Waals surface area contributed by atoms with Crippen molar-refractivity contribution in [2.75, 3.05) is 45.9 Å². The van der Waals surface area contributed by atoms with E-state index in [-0.39, 0.29) is 17.9 Å². The van der Waals surface area contributed by atoms with Gasteiger partial charge in [0, 0.05) is 45.3 Å². The summed E-state index contributed by atoms with van der Waals surface area (Å²) < 4.78 is 5.71. The smallest absolute Gasteiger partial charge is 0.260 e. The van der Waals surface area contributed by atoms with Gasteiger partial charge in [-0.3, -0.25) is 9.69 Å². The van der Waals surface area contributed by atoms with E-state index >= 15 is 0 Å². The molecule has 1 amide bonds. The maximum Gasteiger partial charge on any atom is 0.260 e. The number of carbonyl (C=O) groups excluding carboxylic acids is 1. The quantitative estimate of drug-likeness (QED) is 0.905. The molecule has 2 heterocycles. The van der Waals surface area contributed by atoms with Crippen molar-refractivity contribution >= 4 is 5.91 Å². The molecule has 25 heavy (non-hydrogen) atoms. The van der Waals surface area contributed by atoms with Gasteiger partial charge in [0.05, 0.1) is 0 Å². The van der Waals surface area contributed by atoms with E-state index in [4.69, 9.17) is 4.74 Å². The number of rotatable bonds is 4. The zero-order valence-corrected chi connectivity index (χ0v) is 15.8. The summed E-state index contributed by atoms with van der Waals surface area (Å²) in [4.78, 5) is 16.9. The van der Waals surface area contributed by atoms with Gasteiger partial charge in [0.25, 0.3) is 5.91 Å². The first-order valence-electron chi connectivity index (χ1n) is 9.39. The molecule has 2 fully saturated rings. The third-order valence-electron chi connectivity index (χ3n) is 5.27. The molecule has 0 aromatic heterocycles. The topological polar surface area (TPSA) is 44.8 Å². The summed E-state index contributed by atoms with van der Waals surface area (Å²) >= 11 is 0. The Balaban J connectivity index is 1.46. The second kappa shape index (κ2) is 7.75. The standard InChI is InChI=1S/C20H31N3O2/c1-20(2,3)16-4-6-18(7-5-16)25-15-19(24)23-11-8-17(14-23)22-12-9-21-10-13-22/h4-7,17,21H,8-15H2,1-3H3. The second-order valence-corrected chi connectivity index (χ2v) is 8.13. The molecule has 3 rings (SSSR count). The van der Waals surface area contributed by atoms with Gasteiger partial charge in [-0.15, -0.1) is 0 Å². The lowest BCUT2D eigenvalue weighted by Gasteiger charge is -2.32. The van der Waals surface area contributed by atoms with E-state index in [0.29, 0.717) is 6.04 Å². The van der Waals surface area contributed by atoms with Gasteiger partial charge in [-0.05, 0) is 29.5 Å². The molecular weight excluding hydrogens is 314 g/mol. The van der Waals surface area contributed by atoms with Gasteiger partial charge in [-0.25, -0.2) is 0 Å². The maximum absolute atomic E-state index is 12.4. The number of benzene rings is 1. The van der Waals surface area contributed by atoms with E-state index in [0.717, 1.165) is 51.4 Å². The summed E-state index contributed by atoms with van der Waals surface area (Å²) in [6, 6.07) is 8.59. The lowest BCUT2D eigenvalue weighted by Crippen LogP contribution is -2.49. The summed E-state index contributed by atoms with van der Waals surface area (Å²) in [6.45, 7) is 12.7. The molecule has 0 aliphatic carbocycles. The normalized spacial score (nSPS) is 22.2. The van der Waals surface area contributed by atoms with Crippen LogP contribution in [0.3, 0.4) is 0 Å². The van der Waals surface area contributed by atoms with E-state index in [1.807, 2.05) is 17.0 Å². The molecule has 1 unspecified atom stereocenters. The Hall–Kier alpha value is -1.59. The Kier molecular flexibility index (Phi) is 5.64. The summed E-state index contributed by atoms with van der Waals surface area (Å²) in [7, 11) is 0. The molecule has 1 N–H and O–H groups in total. The SMILES string of the molecule is CC(C)(C)c1ccc(OCC(=O)N2CCC(N3CCNCC3)C2)cc1. The highest BCUT2D eigenvalue weighted by Gasteiger charge is 2.30. The fourth-order valence-electron chi connectivity index (χ4n) is 3.60. The second-order valence-electron chi connectivity index (χ2n) is 8.13. The molecule has 5 nitrogen and oxygen atoms in total. The maximum atomic E-state index is 12.4. The van der Waals surface area contributed by atoms with Crippen molar-refractivity contribution in [2.24, 2.45) is 0 Å². The predicted octanol–water partition coefficient (Wildman–Crippen LogP) is 1.87. The minimum Gasteiger partial charge on any atom is -0.484 e. The lowest BCUT2D eigenvalue weighted by molar-refractivity contribution is -0.132. The lowest BCUT2D eigenvalue weighted by atomic mass is 9.87. The number of ether oxygens (including phenoxy) is 1. The zero-order valence-electron chi connectivity index (χ0n) is 15.8. The van der Waals surface area contributed by atoms with Gasteiger partial charge in [-0.2, -0.15) is 0 Å². The van der Waals surface area contributed by atoms with Gasteiger partial charge in [0.15, 0.2) is 6.61 Å². The molecule has 0 bridgehead atoms. The Morgan fingerprint density at radius 1 is 1.16 bits per heavy atom. The Morgan fingerprint density at radius 2 is 1.84 bits per heavy atom. The summed E-state index contributed by atoms with van der Waals surface area (Å²) in [5, 5.41) is 3.38. The third kappa shape index (κ3) is 4.73. The van der Waals surface area contributed by atoms with Crippen LogP contribution >= 0.6 is 0 Å². The molecular formula is C20H31N3O2. The number of piperazine rings is 1. The number of nitrogens with zero attached hydrogens (tertiary/aromatic N) is 2. The first-order chi connectivity index (χ1) is 11.9. The van der Waals surface area contributed by atoms with Gasteiger partial charge in [-0.1, -0.05) is 32.9 Å². The Morgan fingerprint density at radius 3 is 2.48 bits per heavy atom. The Labute approximate surface area is 151 Å². The van der Waals surface area contributed by atoms with Gasteiger partial charge < -0.3 is 15.0 Å². The monoisotopic (exact) mass is 345 g/mol. The minimum absolute atomic E-state index is 0.0949. The van der Waals surface area contributed by atoms with E-state index in [1.165, 1.54) is 5.56 Å². The van der Waals surface area contributed by atoms with Gasteiger partial charge in [0.1, 0.15) is 5.75 Å². The molecule has 1 atom stereocenters. The molecule has 0 radical (unpaired) electrons. The van der Waals surface area contributed by atoms with E-state index in [2.05, 4.69) is 43.1 Å². The third-order valence-corrected chi connectivity index (χ3v) is 5.27. The average Bonchev–Trinajstić information content (AvgIpc) is 3.10. The highest BCUT2D eigenvalue weighted by Crippen LogP contribution is 2.24. The molecule has 2 aliphatic heterocycles. The highest BCUT2D eigenvalue weighted by molar-refractivity contribution is 5.78. The van der Waals surface area contributed by atoms with Crippen LogP contribution in [0.15, 0.2) is 24.3 Å². The van der Waals surface area contributed by atoms with Crippen LogP contribution in [-0.4, -0.2) is 67.6 Å². The average molecular weight is 345 g/mol. The minimum atomic E-state index is 0.0949. The summed E-state index contributed by atoms with van der Waals surface area (Å²) in [6.07, 6.45) is 1.08. The van der Waals surface area contributed by atoms with Crippen LogP contribution < -0.4 is 10.1 Å². The zero-order chi connectivity index (χ0) is 17.9.